The molecule has 0 fully saturated rings. The Bertz CT molecular complexity index is 1040. The minimum absolute atomic E-state index is 0.00797. The summed E-state index contributed by atoms with van der Waals surface area (Å²) in [6.45, 7) is -1.42. The summed E-state index contributed by atoms with van der Waals surface area (Å²) in [4.78, 5) is 12.4. The molecule has 138 valence electrons. The van der Waals surface area contributed by atoms with Crippen LogP contribution in [0.25, 0.3) is 10.9 Å². The van der Waals surface area contributed by atoms with Crippen molar-refractivity contribution in [2.45, 2.75) is 20.1 Å². The predicted molar refractivity (Wildman–Crippen MR) is 94.3 cm³/mol. The predicted octanol–water partition coefficient (Wildman–Crippen LogP) is 3.97. The number of anilines is 1. The van der Waals surface area contributed by atoms with Crippen LogP contribution in [0.15, 0.2) is 36.4 Å². The Hall–Kier alpha value is -3.47. The highest BCUT2D eigenvalue weighted by molar-refractivity contribution is 6.08. The van der Waals surface area contributed by atoms with E-state index in [0.29, 0.717) is 10.9 Å². The number of benzene rings is 2. The van der Waals surface area contributed by atoms with Crippen molar-refractivity contribution >= 4 is 22.6 Å². The number of amides is 1. The Morgan fingerprint density at radius 3 is 2.63 bits per heavy atom. The number of alkyl halides is 2. The smallest absolute Gasteiger partial charge is 0.387 e. The van der Waals surface area contributed by atoms with E-state index >= 15 is 0 Å². The Labute approximate surface area is 152 Å². The van der Waals surface area contributed by atoms with Gasteiger partial charge in [-0.25, -0.2) is 9.07 Å². The van der Waals surface area contributed by atoms with E-state index in [2.05, 4.69) is 21.1 Å². The highest BCUT2D eigenvalue weighted by atomic mass is 19.3. The Balaban J connectivity index is 2.07. The number of ether oxygens (including phenoxy) is 1. The molecule has 0 bridgehead atoms. The van der Waals surface area contributed by atoms with Crippen molar-refractivity contribution in [1.82, 2.24) is 9.78 Å². The number of aromatic nitrogens is 2. The molecule has 0 saturated carbocycles. The van der Waals surface area contributed by atoms with Gasteiger partial charge in [-0.15, -0.1) is 6.42 Å². The summed E-state index contributed by atoms with van der Waals surface area (Å²) in [6, 6.07) is 8.16. The average Bonchev–Trinajstić information content (AvgIpc) is 2.95. The molecule has 0 aliphatic carbocycles. The van der Waals surface area contributed by atoms with Gasteiger partial charge in [-0.05, 0) is 42.8 Å². The van der Waals surface area contributed by atoms with Gasteiger partial charge in [-0.3, -0.25) is 4.79 Å². The van der Waals surface area contributed by atoms with Gasteiger partial charge in [-0.1, -0.05) is 12.0 Å². The van der Waals surface area contributed by atoms with Gasteiger partial charge in [0.05, 0.1) is 0 Å². The number of nitrogens with zero attached hydrogens (tertiary/aromatic N) is 2. The number of halogens is 3. The number of terminal acetylenes is 1. The third-order valence-electron chi connectivity index (χ3n) is 3.85. The van der Waals surface area contributed by atoms with E-state index in [9.17, 15) is 18.0 Å². The summed E-state index contributed by atoms with van der Waals surface area (Å²) in [6.07, 6.45) is 5.33. The normalized spacial score (nSPS) is 10.8. The summed E-state index contributed by atoms with van der Waals surface area (Å²) < 4.78 is 44.6. The first kappa shape index (κ1) is 18.3. The molecule has 0 radical (unpaired) electrons. The average molecular weight is 373 g/mol. The number of fused-ring (bicyclic) bond motifs is 1. The third-order valence-corrected chi connectivity index (χ3v) is 3.85. The zero-order chi connectivity index (χ0) is 19.6. The van der Waals surface area contributed by atoms with Crippen LogP contribution in [0.1, 0.15) is 15.9 Å². The van der Waals surface area contributed by atoms with Crippen molar-refractivity contribution in [3.63, 3.8) is 0 Å². The molecule has 0 saturated heterocycles. The van der Waals surface area contributed by atoms with Crippen molar-refractivity contribution in [3.05, 3.63) is 53.3 Å². The van der Waals surface area contributed by atoms with Crippen molar-refractivity contribution in [2.75, 3.05) is 5.32 Å². The molecule has 5 nitrogen and oxygen atoms in total. The van der Waals surface area contributed by atoms with Gasteiger partial charge in [0, 0.05) is 10.9 Å². The van der Waals surface area contributed by atoms with Crippen molar-refractivity contribution < 1.29 is 22.7 Å². The van der Waals surface area contributed by atoms with Crippen molar-refractivity contribution in [3.8, 4) is 18.1 Å². The van der Waals surface area contributed by atoms with Gasteiger partial charge >= 0.3 is 6.61 Å². The van der Waals surface area contributed by atoms with Crippen LogP contribution in [0.2, 0.25) is 0 Å². The molecule has 27 heavy (non-hydrogen) atoms. The maximum atomic E-state index is 13.0. The van der Waals surface area contributed by atoms with Crippen LogP contribution in [0.5, 0.6) is 5.75 Å². The van der Waals surface area contributed by atoms with E-state index in [1.165, 1.54) is 16.8 Å². The van der Waals surface area contributed by atoms with Crippen LogP contribution in [-0.2, 0) is 6.54 Å². The minimum Gasteiger partial charge on any atom is -0.432 e. The number of rotatable bonds is 5. The molecule has 3 aromatic rings. The Morgan fingerprint density at radius 1 is 1.30 bits per heavy atom. The molecule has 8 heteroatoms. The maximum Gasteiger partial charge on any atom is 0.387 e. The fraction of sp³-hybridized carbons (Fsp3) is 0.158. The zero-order valence-corrected chi connectivity index (χ0v) is 14.2. The number of nitrogens with one attached hydrogen (secondary N) is 1. The lowest BCUT2D eigenvalue weighted by atomic mass is 10.1. The topological polar surface area (TPSA) is 56.2 Å². The standard InChI is InChI=1S/C19H14F3N3O2/c1-3-10-25-15-14(9-4-11(2)16(15)27-19(21)22)17(24-25)23-18(26)12-5-7-13(20)8-6-12/h1,4-9,19H,10H2,2H3,(H,23,24,26). The van der Waals surface area contributed by atoms with Gasteiger partial charge in [0.1, 0.15) is 17.9 Å². The quantitative estimate of drug-likeness (QED) is 0.689. The van der Waals surface area contributed by atoms with Crippen molar-refractivity contribution in [2.24, 2.45) is 0 Å². The molecule has 1 amide bonds. The van der Waals surface area contributed by atoms with E-state index in [-0.39, 0.29) is 29.2 Å². The third kappa shape index (κ3) is 3.72. The first-order valence-electron chi connectivity index (χ1n) is 7.86. The lowest BCUT2D eigenvalue weighted by Gasteiger charge is -2.10. The van der Waals surface area contributed by atoms with Crippen LogP contribution in [0.3, 0.4) is 0 Å². The zero-order valence-electron chi connectivity index (χ0n) is 14.2. The summed E-state index contributed by atoms with van der Waals surface area (Å²) in [5.41, 5.74) is 0.937. The van der Waals surface area contributed by atoms with Gasteiger partial charge < -0.3 is 10.1 Å². The minimum atomic E-state index is -3.03. The maximum absolute atomic E-state index is 13.0. The SMILES string of the molecule is C#CCn1nc(NC(=O)c2ccc(F)cc2)c2ccc(C)c(OC(F)F)c21. The van der Waals surface area contributed by atoms with Crippen LogP contribution >= 0.6 is 0 Å². The molecule has 1 N–H and O–H groups in total. The summed E-state index contributed by atoms with van der Waals surface area (Å²) in [5, 5.41) is 7.20. The summed E-state index contributed by atoms with van der Waals surface area (Å²) >= 11 is 0. The molecule has 0 aliphatic rings. The number of carbonyl (C=O) groups is 1. The van der Waals surface area contributed by atoms with E-state index in [1.54, 1.807) is 19.1 Å². The fourth-order valence-electron chi connectivity index (χ4n) is 2.66. The molecule has 0 unspecified atom stereocenters. The molecular weight excluding hydrogens is 359 g/mol. The summed E-state index contributed by atoms with van der Waals surface area (Å²) in [7, 11) is 0. The molecule has 1 heterocycles. The Kier molecular flexibility index (Phi) is 5.03. The van der Waals surface area contributed by atoms with Crippen LogP contribution < -0.4 is 10.1 Å². The number of hydrogen-bond acceptors (Lipinski definition) is 3. The van der Waals surface area contributed by atoms with Gasteiger partial charge in [-0.2, -0.15) is 13.9 Å². The molecule has 0 spiro atoms. The van der Waals surface area contributed by atoms with E-state index in [4.69, 9.17) is 6.42 Å². The second-order valence-electron chi connectivity index (χ2n) is 5.66. The molecule has 0 atom stereocenters. The first-order chi connectivity index (χ1) is 12.9. The molecule has 2 aromatic carbocycles. The molecular formula is C19H14F3N3O2. The van der Waals surface area contributed by atoms with Gasteiger partial charge in [0.15, 0.2) is 11.6 Å². The number of hydrogen-bond donors (Lipinski definition) is 1. The largest absolute Gasteiger partial charge is 0.432 e. The van der Waals surface area contributed by atoms with Crippen molar-refractivity contribution in [1.29, 1.82) is 0 Å². The summed E-state index contributed by atoms with van der Waals surface area (Å²) in [5.74, 6) is 1.45. The fourth-order valence-corrected chi connectivity index (χ4v) is 2.66. The number of carbonyl (C=O) groups excluding carboxylic acids is 1. The second-order valence-corrected chi connectivity index (χ2v) is 5.66. The van der Waals surface area contributed by atoms with Crippen LogP contribution in [-0.4, -0.2) is 22.3 Å². The monoisotopic (exact) mass is 373 g/mol. The van der Waals surface area contributed by atoms with E-state index < -0.39 is 18.3 Å². The second kappa shape index (κ2) is 7.41. The van der Waals surface area contributed by atoms with E-state index in [1.807, 2.05) is 0 Å². The number of aryl methyl sites for hydroxylation is 1. The highest BCUT2D eigenvalue weighted by Crippen LogP contribution is 2.35. The Morgan fingerprint density at radius 2 is 2.00 bits per heavy atom. The lowest BCUT2D eigenvalue weighted by molar-refractivity contribution is -0.0494. The highest BCUT2D eigenvalue weighted by Gasteiger charge is 2.20. The molecule has 0 aliphatic heterocycles. The molecule has 3 rings (SSSR count). The van der Waals surface area contributed by atoms with Gasteiger partial charge in [0.2, 0.25) is 0 Å². The van der Waals surface area contributed by atoms with Gasteiger partial charge in [0.25, 0.3) is 5.91 Å². The lowest BCUT2D eigenvalue weighted by Crippen LogP contribution is -2.12. The van der Waals surface area contributed by atoms with Crippen LogP contribution in [0, 0.1) is 25.1 Å². The first-order valence-corrected chi connectivity index (χ1v) is 7.86. The van der Waals surface area contributed by atoms with E-state index in [0.717, 1.165) is 12.1 Å². The molecule has 1 aromatic heterocycles. The van der Waals surface area contributed by atoms with Crippen LogP contribution in [0.4, 0.5) is 19.0 Å².